The van der Waals surface area contributed by atoms with E-state index in [1.165, 1.54) is 22.4 Å². The van der Waals surface area contributed by atoms with E-state index in [-0.39, 0.29) is 12.0 Å². The van der Waals surface area contributed by atoms with Gasteiger partial charge in [-0.25, -0.2) is 4.98 Å². The zero-order valence-electron chi connectivity index (χ0n) is 19.8. The summed E-state index contributed by atoms with van der Waals surface area (Å²) in [5.74, 6) is 0.939. The molecule has 1 fully saturated rings. The molecule has 168 valence electrons. The fourth-order valence-corrected chi connectivity index (χ4v) is 4.84. The summed E-state index contributed by atoms with van der Waals surface area (Å²) in [4.78, 5) is 19.9. The fraction of sp³-hybridized carbons (Fsp3) is 0.429. The summed E-state index contributed by atoms with van der Waals surface area (Å²) in [5.41, 5.74) is 6.00. The number of benzene rings is 2. The molecular weight excluding hydrogens is 394 g/mol. The lowest BCUT2D eigenvalue weighted by atomic mass is 9.70. The average molecular weight is 430 g/mol. The Morgan fingerprint density at radius 2 is 1.91 bits per heavy atom. The van der Waals surface area contributed by atoms with Crippen LogP contribution < -0.4 is 0 Å². The lowest BCUT2D eigenvalue weighted by Gasteiger charge is -2.40. The summed E-state index contributed by atoms with van der Waals surface area (Å²) >= 11 is 0. The van der Waals surface area contributed by atoms with Gasteiger partial charge in [-0.3, -0.25) is 4.79 Å². The third-order valence-corrected chi connectivity index (χ3v) is 6.95. The van der Waals surface area contributed by atoms with Crippen molar-refractivity contribution < 1.29 is 4.79 Å². The molecule has 1 aliphatic carbocycles. The molecule has 2 aromatic carbocycles. The summed E-state index contributed by atoms with van der Waals surface area (Å²) < 4.78 is 2.08. The molecule has 0 saturated heterocycles. The van der Waals surface area contributed by atoms with E-state index in [0.717, 1.165) is 37.9 Å². The van der Waals surface area contributed by atoms with Crippen LogP contribution in [-0.4, -0.2) is 26.9 Å². The molecule has 4 heteroatoms. The molecule has 3 aromatic rings. The molecule has 0 bridgehead atoms. The predicted octanol–water partition coefficient (Wildman–Crippen LogP) is 6.37. The minimum atomic E-state index is 0.120. The number of rotatable bonds is 8. The number of amides is 1. The first-order chi connectivity index (χ1) is 15.5. The highest BCUT2D eigenvalue weighted by Crippen LogP contribution is 2.44. The SMILES string of the molecule is CCCCN(C(=O)C1CC(c2ccc(-n3cnc(C)c3)c(C)c2)C1)C(C)c1ccccc1. The van der Waals surface area contributed by atoms with Crippen molar-refractivity contribution in [1.82, 2.24) is 14.5 Å². The van der Waals surface area contributed by atoms with E-state index in [2.05, 4.69) is 83.9 Å². The average Bonchev–Trinajstić information content (AvgIpc) is 3.19. The Labute approximate surface area is 192 Å². The van der Waals surface area contributed by atoms with Gasteiger partial charge in [0.2, 0.25) is 5.91 Å². The molecular formula is C28H35N3O. The molecule has 1 aromatic heterocycles. The first kappa shape index (κ1) is 22.3. The van der Waals surface area contributed by atoms with Gasteiger partial charge in [0.25, 0.3) is 0 Å². The van der Waals surface area contributed by atoms with Crippen molar-refractivity contribution >= 4 is 5.91 Å². The largest absolute Gasteiger partial charge is 0.336 e. The molecule has 4 nitrogen and oxygen atoms in total. The molecule has 1 aliphatic rings. The maximum Gasteiger partial charge on any atom is 0.226 e. The summed E-state index contributed by atoms with van der Waals surface area (Å²) in [5, 5.41) is 0. The molecule has 0 radical (unpaired) electrons. The van der Waals surface area contributed by atoms with Gasteiger partial charge in [-0.1, -0.05) is 55.8 Å². The number of carbonyl (C=O) groups excluding carboxylic acids is 1. The number of hydrogen-bond acceptors (Lipinski definition) is 2. The zero-order chi connectivity index (χ0) is 22.7. The van der Waals surface area contributed by atoms with E-state index in [1.54, 1.807) is 0 Å². The minimum Gasteiger partial charge on any atom is -0.336 e. The topological polar surface area (TPSA) is 38.1 Å². The Bertz CT molecular complexity index is 1050. The van der Waals surface area contributed by atoms with Crippen LogP contribution in [0.2, 0.25) is 0 Å². The Balaban J connectivity index is 1.43. The van der Waals surface area contributed by atoms with Gasteiger partial charge < -0.3 is 9.47 Å². The van der Waals surface area contributed by atoms with Gasteiger partial charge in [0, 0.05) is 24.3 Å². The molecule has 1 amide bonds. The highest BCUT2D eigenvalue weighted by molar-refractivity contribution is 5.80. The van der Waals surface area contributed by atoms with Crippen molar-refractivity contribution in [3.63, 3.8) is 0 Å². The molecule has 0 aliphatic heterocycles. The molecule has 1 saturated carbocycles. The van der Waals surface area contributed by atoms with Crippen molar-refractivity contribution in [3.8, 4) is 5.69 Å². The second-order valence-corrected chi connectivity index (χ2v) is 9.31. The van der Waals surface area contributed by atoms with Gasteiger partial charge in [0.1, 0.15) is 0 Å². The van der Waals surface area contributed by atoms with Gasteiger partial charge >= 0.3 is 0 Å². The van der Waals surface area contributed by atoms with Gasteiger partial charge in [0.15, 0.2) is 0 Å². The van der Waals surface area contributed by atoms with Crippen LogP contribution in [0, 0.1) is 19.8 Å². The van der Waals surface area contributed by atoms with Crippen molar-refractivity contribution in [2.45, 2.75) is 65.3 Å². The molecule has 1 heterocycles. The smallest absolute Gasteiger partial charge is 0.226 e. The van der Waals surface area contributed by atoms with Crippen LogP contribution in [-0.2, 0) is 4.79 Å². The highest BCUT2D eigenvalue weighted by Gasteiger charge is 2.38. The molecule has 1 unspecified atom stereocenters. The highest BCUT2D eigenvalue weighted by atomic mass is 16.2. The maximum atomic E-state index is 13.4. The Morgan fingerprint density at radius 3 is 2.53 bits per heavy atom. The Hall–Kier alpha value is -2.88. The number of carbonyl (C=O) groups is 1. The third kappa shape index (κ3) is 4.64. The summed E-state index contributed by atoms with van der Waals surface area (Å²) in [6.07, 6.45) is 7.97. The zero-order valence-corrected chi connectivity index (χ0v) is 19.8. The van der Waals surface area contributed by atoms with E-state index < -0.39 is 0 Å². The number of unbranched alkanes of at least 4 members (excludes halogenated alkanes) is 1. The number of hydrogen-bond donors (Lipinski definition) is 0. The summed E-state index contributed by atoms with van der Waals surface area (Å²) in [7, 11) is 0. The van der Waals surface area contributed by atoms with Crippen molar-refractivity contribution in [3.05, 3.63) is 83.4 Å². The van der Waals surface area contributed by atoms with Gasteiger partial charge in [-0.15, -0.1) is 0 Å². The lowest BCUT2D eigenvalue weighted by molar-refractivity contribution is -0.141. The number of imidazole rings is 1. The molecule has 0 N–H and O–H groups in total. The van der Waals surface area contributed by atoms with Crippen LogP contribution in [0.3, 0.4) is 0 Å². The third-order valence-electron chi connectivity index (χ3n) is 6.95. The van der Waals surface area contributed by atoms with Crippen LogP contribution in [0.1, 0.15) is 73.9 Å². The maximum absolute atomic E-state index is 13.4. The Morgan fingerprint density at radius 1 is 1.16 bits per heavy atom. The van der Waals surface area contributed by atoms with E-state index in [4.69, 9.17) is 0 Å². The first-order valence-corrected chi connectivity index (χ1v) is 11.9. The Kier molecular flexibility index (Phi) is 6.78. The quantitative estimate of drug-likeness (QED) is 0.417. The van der Waals surface area contributed by atoms with Gasteiger partial charge in [0.05, 0.1) is 18.1 Å². The van der Waals surface area contributed by atoms with E-state index in [0.29, 0.717) is 11.8 Å². The van der Waals surface area contributed by atoms with Crippen molar-refractivity contribution in [1.29, 1.82) is 0 Å². The number of aromatic nitrogens is 2. The van der Waals surface area contributed by atoms with Crippen molar-refractivity contribution in [2.24, 2.45) is 5.92 Å². The number of aryl methyl sites for hydroxylation is 2. The van der Waals surface area contributed by atoms with Gasteiger partial charge in [-0.2, -0.15) is 0 Å². The van der Waals surface area contributed by atoms with Crippen LogP contribution in [0.4, 0.5) is 0 Å². The lowest BCUT2D eigenvalue weighted by Crippen LogP contribution is -2.43. The van der Waals surface area contributed by atoms with E-state index in [1.807, 2.05) is 19.3 Å². The summed E-state index contributed by atoms with van der Waals surface area (Å²) in [6, 6.07) is 17.2. The fourth-order valence-electron chi connectivity index (χ4n) is 4.84. The van der Waals surface area contributed by atoms with Crippen LogP contribution >= 0.6 is 0 Å². The summed E-state index contributed by atoms with van der Waals surface area (Å²) in [6.45, 7) is 9.35. The van der Waals surface area contributed by atoms with Crippen molar-refractivity contribution in [2.75, 3.05) is 6.54 Å². The second-order valence-electron chi connectivity index (χ2n) is 9.31. The number of nitrogens with zero attached hydrogens (tertiary/aromatic N) is 3. The normalized spacial score (nSPS) is 18.8. The minimum absolute atomic E-state index is 0.120. The van der Waals surface area contributed by atoms with Gasteiger partial charge in [-0.05, 0) is 68.7 Å². The molecule has 32 heavy (non-hydrogen) atoms. The molecule has 1 atom stereocenters. The molecule has 4 rings (SSSR count). The second kappa shape index (κ2) is 9.72. The molecule has 0 spiro atoms. The van der Waals surface area contributed by atoms with Crippen LogP contribution in [0.25, 0.3) is 5.69 Å². The predicted molar refractivity (Wildman–Crippen MR) is 130 cm³/mol. The van der Waals surface area contributed by atoms with E-state index in [9.17, 15) is 4.79 Å². The first-order valence-electron chi connectivity index (χ1n) is 11.9. The van der Waals surface area contributed by atoms with Crippen LogP contribution in [0.15, 0.2) is 61.1 Å². The van der Waals surface area contributed by atoms with Crippen LogP contribution in [0.5, 0.6) is 0 Å². The standard InChI is InChI=1S/C28H35N3O/c1-5-6-14-31(22(4)23-10-8-7-9-11-23)28(32)26-16-25(17-26)24-12-13-27(20(2)15-24)30-18-21(3)29-19-30/h7-13,15,18-19,22,25-26H,5-6,14,16-17H2,1-4H3. The van der Waals surface area contributed by atoms with E-state index >= 15 is 0 Å². The monoisotopic (exact) mass is 429 g/mol.